The molecular formula is C18H25N3O. The Balaban J connectivity index is 2.50. The zero-order valence-corrected chi connectivity index (χ0v) is 14.1. The quantitative estimate of drug-likeness (QED) is 0.923. The van der Waals surface area contributed by atoms with E-state index in [4.69, 9.17) is 4.98 Å². The lowest BCUT2D eigenvalue weighted by atomic mass is 10.0. The van der Waals surface area contributed by atoms with Crippen molar-refractivity contribution in [2.24, 2.45) is 5.92 Å². The Bertz CT molecular complexity index is 681. The summed E-state index contributed by atoms with van der Waals surface area (Å²) in [6.45, 7) is 6.85. The second kappa shape index (κ2) is 6.77. The molecular weight excluding hydrogens is 274 g/mol. The van der Waals surface area contributed by atoms with Crippen LogP contribution in [0, 0.1) is 12.8 Å². The van der Waals surface area contributed by atoms with Gasteiger partial charge in [-0.2, -0.15) is 0 Å². The Morgan fingerprint density at radius 1 is 1.36 bits per heavy atom. The maximum Gasteiger partial charge on any atom is 0.224 e. The van der Waals surface area contributed by atoms with Crippen molar-refractivity contribution in [3.8, 4) is 0 Å². The molecule has 1 atom stereocenters. The number of carbonyl (C=O) groups excluding carboxylic acids is 1. The number of rotatable bonds is 5. The summed E-state index contributed by atoms with van der Waals surface area (Å²) in [4.78, 5) is 18.7. The average molecular weight is 299 g/mol. The van der Waals surface area contributed by atoms with Crippen LogP contribution in [0.15, 0.2) is 24.3 Å². The van der Waals surface area contributed by atoms with E-state index in [-0.39, 0.29) is 11.8 Å². The second-order valence-electron chi connectivity index (χ2n) is 5.79. The summed E-state index contributed by atoms with van der Waals surface area (Å²) in [7, 11) is 3.74. The Labute approximate surface area is 132 Å². The summed E-state index contributed by atoms with van der Waals surface area (Å²) in [5, 5.41) is 3.87. The van der Waals surface area contributed by atoms with Crippen molar-refractivity contribution >= 4 is 22.5 Å². The Morgan fingerprint density at radius 3 is 2.68 bits per heavy atom. The molecule has 1 unspecified atom stereocenters. The number of amides is 1. The molecule has 4 nitrogen and oxygen atoms in total. The van der Waals surface area contributed by atoms with Crippen molar-refractivity contribution < 1.29 is 4.79 Å². The van der Waals surface area contributed by atoms with Gasteiger partial charge < -0.3 is 10.2 Å². The highest BCUT2D eigenvalue weighted by molar-refractivity contribution is 5.94. The Kier molecular flexibility index (Phi) is 5.01. The molecule has 2 rings (SSSR count). The van der Waals surface area contributed by atoms with Gasteiger partial charge in [0.25, 0.3) is 0 Å². The Hall–Kier alpha value is -2.10. The molecule has 118 valence electrons. The molecule has 0 bridgehead atoms. The van der Waals surface area contributed by atoms with Crippen molar-refractivity contribution in [3.63, 3.8) is 0 Å². The SMILES string of the molecule is CCc1c(C)nc2ccccc2c1N(C)CC(C)C(=O)NC. The van der Waals surface area contributed by atoms with Crippen LogP contribution in [0.25, 0.3) is 10.9 Å². The number of benzene rings is 1. The zero-order chi connectivity index (χ0) is 16.3. The van der Waals surface area contributed by atoms with Gasteiger partial charge in [-0.3, -0.25) is 9.78 Å². The highest BCUT2D eigenvalue weighted by Gasteiger charge is 2.19. The molecule has 0 aliphatic heterocycles. The number of hydrogen-bond donors (Lipinski definition) is 1. The van der Waals surface area contributed by atoms with Gasteiger partial charge in [0.1, 0.15) is 0 Å². The number of fused-ring (bicyclic) bond motifs is 1. The minimum Gasteiger partial charge on any atom is -0.373 e. The molecule has 1 amide bonds. The number of nitrogens with one attached hydrogen (secondary N) is 1. The van der Waals surface area contributed by atoms with Crippen LogP contribution in [0.5, 0.6) is 0 Å². The number of para-hydroxylation sites is 1. The monoisotopic (exact) mass is 299 g/mol. The predicted octanol–water partition coefficient (Wildman–Crippen LogP) is 2.92. The van der Waals surface area contributed by atoms with Gasteiger partial charge in [0.05, 0.1) is 17.1 Å². The van der Waals surface area contributed by atoms with E-state index in [1.54, 1.807) is 7.05 Å². The summed E-state index contributed by atoms with van der Waals surface area (Å²) >= 11 is 0. The number of carbonyl (C=O) groups is 1. The largest absolute Gasteiger partial charge is 0.373 e. The van der Waals surface area contributed by atoms with Gasteiger partial charge >= 0.3 is 0 Å². The molecule has 0 aliphatic carbocycles. The van der Waals surface area contributed by atoms with Crippen LogP contribution < -0.4 is 10.2 Å². The van der Waals surface area contributed by atoms with Crippen LogP contribution >= 0.6 is 0 Å². The summed E-state index contributed by atoms with van der Waals surface area (Å²) in [5.74, 6) is 0.00641. The first kappa shape index (κ1) is 16.3. The van der Waals surface area contributed by atoms with Gasteiger partial charge in [0.15, 0.2) is 0 Å². The molecule has 0 saturated heterocycles. The van der Waals surface area contributed by atoms with E-state index < -0.39 is 0 Å². The zero-order valence-electron chi connectivity index (χ0n) is 14.1. The van der Waals surface area contributed by atoms with Crippen LogP contribution in [0.1, 0.15) is 25.1 Å². The van der Waals surface area contributed by atoms with E-state index in [0.29, 0.717) is 6.54 Å². The molecule has 1 aromatic carbocycles. The molecule has 0 radical (unpaired) electrons. The third-order valence-electron chi connectivity index (χ3n) is 4.15. The molecule has 22 heavy (non-hydrogen) atoms. The number of nitrogens with zero attached hydrogens (tertiary/aromatic N) is 2. The first-order valence-corrected chi connectivity index (χ1v) is 7.80. The fraction of sp³-hybridized carbons (Fsp3) is 0.444. The number of aryl methyl sites for hydroxylation is 1. The van der Waals surface area contributed by atoms with Gasteiger partial charge in [0.2, 0.25) is 5.91 Å². The summed E-state index contributed by atoms with van der Waals surface area (Å²) < 4.78 is 0. The number of anilines is 1. The number of aromatic nitrogens is 1. The van der Waals surface area contributed by atoms with E-state index in [0.717, 1.165) is 23.0 Å². The molecule has 0 fully saturated rings. The lowest BCUT2D eigenvalue weighted by Gasteiger charge is -2.27. The van der Waals surface area contributed by atoms with Crippen LogP contribution in [-0.2, 0) is 11.2 Å². The fourth-order valence-electron chi connectivity index (χ4n) is 3.04. The highest BCUT2D eigenvalue weighted by Crippen LogP contribution is 2.31. The number of hydrogen-bond acceptors (Lipinski definition) is 3. The van der Waals surface area contributed by atoms with Crippen LogP contribution in [0.4, 0.5) is 5.69 Å². The third-order valence-corrected chi connectivity index (χ3v) is 4.15. The van der Waals surface area contributed by atoms with Crippen LogP contribution in [0.3, 0.4) is 0 Å². The number of pyridine rings is 1. The Morgan fingerprint density at radius 2 is 2.05 bits per heavy atom. The molecule has 0 aliphatic rings. The normalized spacial score (nSPS) is 12.2. The van der Waals surface area contributed by atoms with Crippen molar-refractivity contribution in [1.29, 1.82) is 0 Å². The van der Waals surface area contributed by atoms with Crippen LogP contribution in [-0.4, -0.2) is 31.5 Å². The smallest absolute Gasteiger partial charge is 0.224 e. The van der Waals surface area contributed by atoms with E-state index in [9.17, 15) is 4.79 Å². The van der Waals surface area contributed by atoms with Gasteiger partial charge in [-0.25, -0.2) is 0 Å². The minimum atomic E-state index is -0.0630. The first-order valence-electron chi connectivity index (χ1n) is 7.80. The van der Waals surface area contributed by atoms with Crippen molar-refractivity contribution in [2.45, 2.75) is 27.2 Å². The predicted molar refractivity (Wildman–Crippen MR) is 92.4 cm³/mol. The second-order valence-corrected chi connectivity index (χ2v) is 5.79. The van der Waals surface area contributed by atoms with Gasteiger partial charge in [-0.1, -0.05) is 32.0 Å². The third kappa shape index (κ3) is 3.06. The molecule has 0 saturated carbocycles. The lowest BCUT2D eigenvalue weighted by Crippen LogP contribution is -2.34. The fourth-order valence-corrected chi connectivity index (χ4v) is 3.04. The molecule has 2 aromatic rings. The van der Waals surface area contributed by atoms with E-state index in [1.165, 1.54) is 11.3 Å². The minimum absolute atomic E-state index is 0.0630. The summed E-state index contributed by atoms with van der Waals surface area (Å²) in [6.07, 6.45) is 0.928. The standard InChI is InChI=1S/C18H25N3O/c1-6-14-13(3)20-16-10-8-7-9-15(16)17(14)21(5)11-12(2)18(22)19-4/h7-10,12H,6,11H2,1-5H3,(H,19,22). The van der Waals surface area contributed by atoms with Gasteiger partial charge in [-0.15, -0.1) is 0 Å². The summed E-state index contributed by atoms with van der Waals surface area (Å²) in [6, 6.07) is 8.20. The average Bonchev–Trinajstić information content (AvgIpc) is 2.52. The van der Waals surface area contributed by atoms with E-state index >= 15 is 0 Å². The first-order chi connectivity index (χ1) is 10.5. The molecule has 1 heterocycles. The lowest BCUT2D eigenvalue weighted by molar-refractivity contribution is -0.123. The van der Waals surface area contributed by atoms with Crippen LogP contribution in [0.2, 0.25) is 0 Å². The highest BCUT2D eigenvalue weighted by atomic mass is 16.1. The summed E-state index contributed by atoms with van der Waals surface area (Å²) in [5.41, 5.74) is 4.52. The van der Waals surface area contributed by atoms with Gasteiger partial charge in [-0.05, 0) is 25.0 Å². The molecule has 4 heteroatoms. The van der Waals surface area contributed by atoms with Gasteiger partial charge in [0, 0.05) is 31.7 Å². The molecule has 1 aromatic heterocycles. The topological polar surface area (TPSA) is 45.2 Å². The molecule has 1 N–H and O–H groups in total. The van der Waals surface area contributed by atoms with Crippen molar-refractivity contribution in [3.05, 3.63) is 35.5 Å². The van der Waals surface area contributed by atoms with E-state index in [2.05, 4.69) is 37.2 Å². The van der Waals surface area contributed by atoms with E-state index in [1.807, 2.05) is 25.1 Å². The van der Waals surface area contributed by atoms with Crippen molar-refractivity contribution in [1.82, 2.24) is 10.3 Å². The maximum atomic E-state index is 11.8. The maximum absolute atomic E-state index is 11.8. The van der Waals surface area contributed by atoms with Crippen molar-refractivity contribution in [2.75, 3.05) is 25.5 Å². The molecule has 0 spiro atoms.